The monoisotopic (exact) mass is 288 g/mol. The highest BCUT2D eigenvalue weighted by molar-refractivity contribution is 5.75. The van der Waals surface area contributed by atoms with Gasteiger partial charge in [-0.3, -0.25) is 4.79 Å². The van der Waals surface area contributed by atoms with Crippen molar-refractivity contribution >= 4 is 6.29 Å². The van der Waals surface area contributed by atoms with Gasteiger partial charge in [0.05, 0.1) is 0 Å². The first-order valence-corrected chi connectivity index (χ1v) is 8.65. The third kappa shape index (κ3) is 7.45. The van der Waals surface area contributed by atoms with E-state index in [4.69, 9.17) is 0 Å². The maximum absolute atomic E-state index is 11.2. The Morgan fingerprint density at radius 1 is 1.19 bits per heavy atom. The normalized spacial score (nSPS) is 18.0. The van der Waals surface area contributed by atoms with Crippen molar-refractivity contribution in [3.63, 3.8) is 0 Å². The van der Waals surface area contributed by atoms with E-state index in [-0.39, 0.29) is 0 Å². The zero-order valence-electron chi connectivity index (χ0n) is 14.2. The fourth-order valence-electron chi connectivity index (χ4n) is 2.98. The summed E-state index contributed by atoms with van der Waals surface area (Å²) in [5, 5.41) is 0. The quantitative estimate of drug-likeness (QED) is 0.267. The Balaban J connectivity index is 2.42. The third-order valence-corrected chi connectivity index (χ3v) is 4.30. The lowest BCUT2D eigenvalue weighted by Gasteiger charge is -2.22. The first-order valence-electron chi connectivity index (χ1n) is 8.65. The van der Waals surface area contributed by atoms with E-state index < -0.39 is 0 Å². The van der Waals surface area contributed by atoms with Gasteiger partial charge in [-0.25, -0.2) is 0 Å². The fraction of sp³-hybridized carbons (Fsp3) is 0.650. The van der Waals surface area contributed by atoms with Crippen LogP contribution in [-0.2, 0) is 4.79 Å². The van der Waals surface area contributed by atoms with Gasteiger partial charge < -0.3 is 0 Å². The van der Waals surface area contributed by atoms with Crippen molar-refractivity contribution in [3.8, 4) is 0 Å². The first kappa shape index (κ1) is 17.9. The second-order valence-electron chi connectivity index (χ2n) is 6.53. The molecule has 0 aromatic rings. The molecular weight excluding hydrogens is 256 g/mol. The molecule has 0 aliphatic heterocycles. The summed E-state index contributed by atoms with van der Waals surface area (Å²) in [6.07, 6.45) is 18.7. The number of rotatable bonds is 10. The predicted molar refractivity (Wildman–Crippen MR) is 92.4 cm³/mol. The van der Waals surface area contributed by atoms with Crippen molar-refractivity contribution in [1.29, 1.82) is 0 Å². The number of allylic oxidation sites excluding steroid dienone is 6. The lowest BCUT2D eigenvalue weighted by Crippen LogP contribution is -2.10. The average molecular weight is 288 g/mol. The minimum atomic E-state index is 0.468. The number of carbonyl (C=O) groups excluding carboxylic acids is 1. The molecule has 0 saturated heterocycles. The molecule has 1 unspecified atom stereocenters. The SMILES string of the molecule is CCCCCCCC1CC(CCC=C(C)C)=CC=C1C=O. The van der Waals surface area contributed by atoms with Crippen LogP contribution in [0.15, 0.2) is 34.9 Å². The minimum Gasteiger partial charge on any atom is -0.298 e. The van der Waals surface area contributed by atoms with Crippen molar-refractivity contribution in [2.45, 2.75) is 78.6 Å². The summed E-state index contributed by atoms with van der Waals surface area (Å²) in [4.78, 5) is 11.2. The summed E-state index contributed by atoms with van der Waals surface area (Å²) in [5.74, 6) is 0.468. The largest absolute Gasteiger partial charge is 0.298 e. The maximum atomic E-state index is 11.2. The molecule has 0 heterocycles. The van der Waals surface area contributed by atoms with Crippen LogP contribution in [0.25, 0.3) is 0 Å². The van der Waals surface area contributed by atoms with Gasteiger partial charge in [-0.2, -0.15) is 0 Å². The molecule has 1 aliphatic rings. The molecule has 1 nitrogen and oxygen atoms in total. The Labute approximate surface area is 131 Å². The second kappa shape index (κ2) is 10.6. The third-order valence-electron chi connectivity index (χ3n) is 4.30. The van der Waals surface area contributed by atoms with Crippen LogP contribution >= 0.6 is 0 Å². The highest BCUT2D eigenvalue weighted by Crippen LogP contribution is 2.31. The van der Waals surface area contributed by atoms with Crippen molar-refractivity contribution in [1.82, 2.24) is 0 Å². The minimum absolute atomic E-state index is 0.468. The molecule has 0 radical (unpaired) electrons. The topological polar surface area (TPSA) is 17.1 Å². The maximum Gasteiger partial charge on any atom is 0.146 e. The van der Waals surface area contributed by atoms with E-state index >= 15 is 0 Å². The first-order chi connectivity index (χ1) is 10.2. The molecule has 0 saturated carbocycles. The molecule has 0 fully saturated rings. The number of aldehydes is 1. The highest BCUT2D eigenvalue weighted by atomic mass is 16.1. The molecular formula is C20H32O. The van der Waals surface area contributed by atoms with Crippen molar-refractivity contribution in [2.75, 3.05) is 0 Å². The molecule has 0 spiro atoms. The Bertz CT molecular complexity index is 394. The van der Waals surface area contributed by atoms with Crippen molar-refractivity contribution in [2.24, 2.45) is 5.92 Å². The van der Waals surface area contributed by atoms with E-state index in [1.807, 2.05) is 0 Å². The molecule has 118 valence electrons. The molecule has 0 bridgehead atoms. The summed E-state index contributed by atoms with van der Waals surface area (Å²) < 4.78 is 0. The van der Waals surface area contributed by atoms with Crippen molar-refractivity contribution < 1.29 is 4.79 Å². The zero-order chi connectivity index (χ0) is 15.5. The van der Waals surface area contributed by atoms with Crippen LogP contribution in [0.5, 0.6) is 0 Å². The van der Waals surface area contributed by atoms with Gasteiger partial charge in [-0.1, -0.05) is 68.4 Å². The van der Waals surface area contributed by atoms with Gasteiger partial charge in [0.2, 0.25) is 0 Å². The standard InChI is InChI=1S/C20H32O/c1-4-5-6-7-8-12-19-15-18(11-9-10-17(2)3)13-14-20(19)16-21/h10,13-14,16,19H,4-9,11-12,15H2,1-3H3. The van der Waals surface area contributed by atoms with E-state index in [0.717, 1.165) is 31.1 Å². The molecule has 1 heteroatoms. The number of unbranched alkanes of at least 4 members (excludes halogenated alkanes) is 4. The summed E-state index contributed by atoms with van der Waals surface area (Å²) in [5.41, 5.74) is 3.91. The Hall–Kier alpha value is -1.11. The Morgan fingerprint density at radius 3 is 2.62 bits per heavy atom. The molecule has 0 amide bonds. The summed E-state index contributed by atoms with van der Waals surface area (Å²) in [7, 11) is 0. The van der Waals surface area contributed by atoms with E-state index in [1.54, 1.807) is 0 Å². The van der Waals surface area contributed by atoms with Crippen LogP contribution in [0, 0.1) is 5.92 Å². The van der Waals surface area contributed by atoms with Gasteiger partial charge in [0.1, 0.15) is 6.29 Å². The highest BCUT2D eigenvalue weighted by Gasteiger charge is 2.18. The predicted octanol–water partition coefficient (Wildman–Crippen LogP) is 6.16. The zero-order valence-corrected chi connectivity index (χ0v) is 14.2. The van der Waals surface area contributed by atoms with Crippen LogP contribution < -0.4 is 0 Å². The summed E-state index contributed by atoms with van der Waals surface area (Å²) in [6, 6.07) is 0. The molecule has 1 atom stereocenters. The lowest BCUT2D eigenvalue weighted by atomic mass is 9.82. The molecule has 1 aliphatic carbocycles. The number of hydrogen-bond donors (Lipinski definition) is 0. The number of hydrogen-bond acceptors (Lipinski definition) is 1. The lowest BCUT2D eigenvalue weighted by molar-refractivity contribution is -0.105. The number of carbonyl (C=O) groups is 1. The molecule has 0 aromatic heterocycles. The second-order valence-corrected chi connectivity index (χ2v) is 6.53. The van der Waals surface area contributed by atoms with Gasteiger partial charge in [-0.15, -0.1) is 0 Å². The van der Waals surface area contributed by atoms with E-state index in [2.05, 4.69) is 39.0 Å². The van der Waals surface area contributed by atoms with Crippen LogP contribution in [0.4, 0.5) is 0 Å². The van der Waals surface area contributed by atoms with Crippen LogP contribution in [0.3, 0.4) is 0 Å². The van der Waals surface area contributed by atoms with Gasteiger partial charge in [0.25, 0.3) is 0 Å². The van der Waals surface area contributed by atoms with E-state index in [9.17, 15) is 4.79 Å². The summed E-state index contributed by atoms with van der Waals surface area (Å²) in [6.45, 7) is 6.55. The van der Waals surface area contributed by atoms with Gasteiger partial charge in [0.15, 0.2) is 0 Å². The smallest absolute Gasteiger partial charge is 0.146 e. The summed E-state index contributed by atoms with van der Waals surface area (Å²) >= 11 is 0. The van der Waals surface area contributed by atoms with Gasteiger partial charge in [-0.05, 0) is 51.0 Å². The van der Waals surface area contributed by atoms with E-state index in [0.29, 0.717) is 5.92 Å². The Kier molecular flexibility index (Phi) is 9.05. The van der Waals surface area contributed by atoms with Crippen molar-refractivity contribution in [3.05, 3.63) is 34.9 Å². The average Bonchev–Trinajstić information content (AvgIpc) is 2.47. The Morgan fingerprint density at radius 2 is 1.95 bits per heavy atom. The molecule has 0 N–H and O–H groups in total. The van der Waals surface area contributed by atoms with E-state index in [1.165, 1.54) is 49.7 Å². The molecule has 21 heavy (non-hydrogen) atoms. The fourth-order valence-corrected chi connectivity index (χ4v) is 2.98. The van der Waals surface area contributed by atoms with Gasteiger partial charge in [0, 0.05) is 0 Å². The van der Waals surface area contributed by atoms with Gasteiger partial charge >= 0.3 is 0 Å². The molecule has 1 rings (SSSR count). The van der Waals surface area contributed by atoms with Crippen LogP contribution in [-0.4, -0.2) is 6.29 Å². The van der Waals surface area contributed by atoms with Crippen LogP contribution in [0.2, 0.25) is 0 Å². The molecule has 0 aromatic carbocycles. The van der Waals surface area contributed by atoms with Crippen LogP contribution in [0.1, 0.15) is 78.6 Å².